The largest absolute Gasteiger partial charge is 0.496 e. The van der Waals surface area contributed by atoms with Crippen molar-refractivity contribution in [3.8, 4) is 5.75 Å². The molecule has 2 atom stereocenters. The Kier molecular flexibility index (Phi) is 3.75. The second-order valence-electron chi connectivity index (χ2n) is 5.55. The molecule has 3 rings (SSSR count). The van der Waals surface area contributed by atoms with Crippen molar-refractivity contribution in [2.45, 2.75) is 25.9 Å². The SMILES string of the molecule is COc1cccc2c1CC(C)C(c1ccccc1)NC2. The Morgan fingerprint density at radius 3 is 2.60 bits per heavy atom. The van der Waals surface area contributed by atoms with Crippen molar-refractivity contribution in [3.63, 3.8) is 0 Å². The van der Waals surface area contributed by atoms with Crippen LogP contribution in [0.5, 0.6) is 5.75 Å². The summed E-state index contributed by atoms with van der Waals surface area (Å²) < 4.78 is 5.53. The second kappa shape index (κ2) is 5.68. The Hall–Kier alpha value is -1.80. The summed E-state index contributed by atoms with van der Waals surface area (Å²) in [5.74, 6) is 1.56. The molecule has 0 saturated carbocycles. The number of ether oxygens (including phenoxy) is 1. The van der Waals surface area contributed by atoms with Crippen LogP contribution in [0.3, 0.4) is 0 Å². The van der Waals surface area contributed by atoms with Gasteiger partial charge in [-0.05, 0) is 35.1 Å². The van der Waals surface area contributed by atoms with Gasteiger partial charge in [-0.15, -0.1) is 0 Å². The number of fused-ring (bicyclic) bond motifs is 1. The van der Waals surface area contributed by atoms with Crippen LogP contribution in [0.15, 0.2) is 48.5 Å². The van der Waals surface area contributed by atoms with Crippen LogP contribution in [0.1, 0.15) is 29.7 Å². The number of methoxy groups -OCH3 is 1. The first kappa shape index (κ1) is 13.2. The number of benzene rings is 2. The van der Waals surface area contributed by atoms with Crippen molar-refractivity contribution < 1.29 is 4.74 Å². The van der Waals surface area contributed by atoms with Crippen LogP contribution < -0.4 is 10.1 Å². The van der Waals surface area contributed by atoms with Crippen LogP contribution in [0.25, 0.3) is 0 Å². The van der Waals surface area contributed by atoms with Crippen molar-refractivity contribution >= 4 is 0 Å². The fourth-order valence-corrected chi connectivity index (χ4v) is 3.17. The zero-order valence-electron chi connectivity index (χ0n) is 12.1. The number of rotatable bonds is 2. The third-order valence-electron chi connectivity index (χ3n) is 4.22. The lowest BCUT2D eigenvalue weighted by atomic mass is 9.89. The van der Waals surface area contributed by atoms with Gasteiger partial charge in [-0.1, -0.05) is 49.4 Å². The lowest BCUT2D eigenvalue weighted by molar-refractivity contribution is 0.385. The van der Waals surface area contributed by atoms with E-state index in [1.165, 1.54) is 16.7 Å². The summed E-state index contributed by atoms with van der Waals surface area (Å²) >= 11 is 0. The summed E-state index contributed by atoms with van der Waals surface area (Å²) in [6.45, 7) is 3.21. The molecule has 0 fully saturated rings. The molecule has 2 heteroatoms. The normalized spacial score (nSPS) is 21.9. The Bertz CT molecular complexity index is 579. The van der Waals surface area contributed by atoms with Crippen molar-refractivity contribution in [2.24, 2.45) is 5.92 Å². The molecule has 2 aromatic rings. The fourth-order valence-electron chi connectivity index (χ4n) is 3.17. The molecule has 0 bridgehead atoms. The predicted molar refractivity (Wildman–Crippen MR) is 81.9 cm³/mol. The first-order chi connectivity index (χ1) is 9.79. The highest BCUT2D eigenvalue weighted by Crippen LogP contribution is 2.33. The van der Waals surface area contributed by atoms with Gasteiger partial charge < -0.3 is 10.1 Å². The molecule has 1 heterocycles. The van der Waals surface area contributed by atoms with Gasteiger partial charge in [0.25, 0.3) is 0 Å². The lowest BCUT2D eigenvalue weighted by Crippen LogP contribution is -2.25. The van der Waals surface area contributed by atoms with Crippen molar-refractivity contribution in [2.75, 3.05) is 7.11 Å². The first-order valence-electron chi connectivity index (χ1n) is 7.22. The Labute approximate surface area is 120 Å². The molecule has 2 aromatic carbocycles. The Morgan fingerprint density at radius 1 is 1.05 bits per heavy atom. The molecule has 2 unspecified atom stereocenters. The van der Waals surface area contributed by atoms with Gasteiger partial charge in [-0.2, -0.15) is 0 Å². The average molecular weight is 267 g/mol. The van der Waals surface area contributed by atoms with Gasteiger partial charge in [0.1, 0.15) is 5.75 Å². The van der Waals surface area contributed by atoms with Gasteiger partial charge in [0.2, 0.25) is 0 Å². The molecule has 0 aromatic heterocycles. The topological polar surface area (TPSA) is 21.3 Å². The van der Waals surface area contributed by atoms with E-state index in [9.17, 15) is 0 Å². The highest BCUT2D eigenvalue weighted by Gasteiger charge is 2.25. The van der Waals surface area contributed by atoms with Crippen LogP contribution in [-0.4, -0.2) is 7.11 Å². The molecule has 2 nitrogen and oxygen atoms in total. The Morgan fingerprint density at radius 2 is 1.85 bits per heavy atom. The van der Waals surface area contributed by atoms with Crippen LogP contribution >= 0.6 is 0 Å². The molecule has 20 heavy (non-hydrogen) atoms. The van der Waals surface area contributed by atoms with Gasteiger partial charge in [-0.25, -0.2) is 0 Å². The quantitative estimate of drug-likeness (QED) is 0.895. The standard InChI is InChI=1S/C18H21NO/c1-13-11-16-15(9-6-10-17(16)20-2)12-19-18(13)14-7-4-3-5-8-14/h3-10,13,18-19H,11-12H2,1-2H3. The molecule has 104 valence electrons. The lowest BCUT2D eigenvalue weighted by Gasteiger charge is -2.23. The average Bonchev–Trinajstić information content (AvgIpc) is 2.66. The summed E-state index contributed by atoms with van der Waals surface area (Å²) in [6.07, 6.45) is 1.05. The number of hydrogen-bond acceptors (Lipinski definition) is 2. The van der Waals surface area contributed by atoms with Crippen LogP contribution in [-0.2, 0) is 13.0 Å². The summed E-state index contributed by atoms with van der Waals surface area (Å²) in [5, 5.41) is 3.70. The van der Waals surface area contributed by atoms with E-state index in [4.69, 9.17) is 4.74 Å². The number of nitrogens with one attached hydrogen (secondary N) is 1. The van der Waals surface area contributed by atoms with E-state index in [1.807, 2.05) is 0 Å². The van der Waals surface area contributed by atoms with Crippen LogP contribution in [0.2, 0.25) is 0 Å². The van der Waals surface area contributed by atoms with E-state index in [0.29, 0.717) is 12.0 Å². The monoisotopic (exact) mass is 267 g/mol. The minimum atomic E-state index is 0.397. The van der Waals surface area contributed by atoms with E-state index in [0.717, 1.165) is 18.7 Å². The van der Waals surface area contributed by atoms with Gasteiger partial charge in [0, 0.05) is 12.6 Å². The van der Waals surface area contributed by atoms with Crippen LogP contribution in [0.4, 0.5) is 0 Å². The fraction of sp³-hybridized carbons (Fsp3) is 0.333. The molecule has 0 aliphatic carbocycles. The summed E-state index contributed by atoms with van der Waals surface area (Å²) in [5.41, 5.74) is 4.08. The summed E-state index contributed by atoms with van der Waals surface area (Å²) in [6, 6.07) is 17.5. The van der Waals surface area contributed by atoms with Gasteiger partial charge in [0.15, 0.2) is 0 Å². The number of hydrogen-bond donors (Lipinski definition) is 1. The molecule has 0 radical (unpaired) electrons. The third kappa shape index (κ3) is 2.44. The van der Waals surface area contributed by atoms with Crippen molar-refractivity contribution in [1.82, 2.24) is 5.32 Å². The second-order valence-corrected chi connectivity index (χ2v) is 5.55. The van der Waals surface area contributed by atoms with Gasteiger partial charge >= 0.3 is 0 Å². The van der Waals surface area contributed by atoms with E-state index in [-0.39, 0.29) is 0 Å². The molecule has 1 N–H and O–H groups in total. The molecule has 0 amide bonds. The molecule has 1 aliphatic rings. The Balaban J connectivity index is 1.93. The van der Waals surface area contributed by atoms with E-state index < -0.39 is 0 Å². The summed E-state index contributed by atoms with van der Waals surface area (Å²) in [7, 11) is 1.76. The highest BCUT2D eigenvalue weighted by atomic mass is 16.5. The maximum absolute atomic E-state index is 5.53. The maximum atomic E-state index is 5.53. The molecular weight excluding hydrogens is 246 g/mol. The predicted octanol–water partition coefficient (Wildman–Crippen LogP) is 3.72. The van der Waals surface area contributed by atoms with E-state index in [2.05, 4.69) is 60.8 Å². The van der Waals surface area contributed by atoms with E-state index >= 15 is 0 Å². The third-order valence-corrected chi connectivity index (χ3v) is 4.22. The summed E-state index contributed by atoms with van der Waals surface area (Å²) in [4.78, 5) is 0. The molecule has 0 saturated heterocycles. The minimum Gasteiger partial charge on any atom is -0.496 e. The van der Waals surface area contributed by atoms with Crippen molar-refractivity contribution in [3.05, 3.63) is 65.2 Å². The first-order valence-corrected chi connectivity index (χ1v) is 7.22. The van der Waals surface area contributed by atoms with Crippen LogP contribution in [0, 0.1) is 5.92 Å². The zero-order valence-corrected chi connectivity index (χ0v) is 12.1. The van der Waals surface area contributed by atoms with Crippen molar-refractivity contribution in [1.29, 1.82) is 0 Å². The molecule has 1 aliphatic heterocycles. The zero-order chi connectivity index (χ0) is 13.9. The smallest absolute Gasteiger partial charge is 0.122 e. The maximum Gasteiger partial charge on any atom is 0.122 e. The highest BCUT2D eigenvalue weighted by molar-refractivity contribution is 5.42. The van der Waals surface area contributed by atoms with E-state index in [1.54, 1.807) is 7.11 Å². The van der Waals surface area contributed by atoms with Gasteiger partial charge in [0.05, 0.1) is 7.11 Å². The van der Waals surface area contributed by atoms with Gasteiger partial charge in [-0.3, -0.25) is 0 Å². The minimum absolute atomic E-state index is 0.397. The molecule has 0 spiro atoms. The molecular formula is C18H21NO.